The molecular weight excluding hydrogens is 884 g/mol. The standard InChI is InChI=1S/C13H9Cl2F5N4S2.C13H7Cl2F5N4S.H2S/c1-4(16)26(20)10-8(12(22)25)23-24(11(10)21)9-6(14)2-5(3-7(9)15)13(17,18)19;1-5(16)25(20)10-11(21)24(23-12(10)22-2)9-7(14)3-6(4-8(9)15)13(17,18)19;/h2-3H,21H2,1H3,(H2,22,25);3-4H,21H2,1H3;1H2. The molecular formula is C26H18Cl4F10N8S4. The van der Waals surface area contributed by atoms with Gasteiger partial charge in [0.1, 0.15) is 37.7 Å². The number of thiocarbonyl (C=S) groups is 1. The van der Waals surface area contributed by atoms with Crippen LogP contribution in [0, 0.1) is 6.57 Å². The molecule has 0 spiro atoms. The van der Waals surface area contributed by atoms with Gasteiger partial charge >= 0.3 is 18.2 Å². The van der Waals surface area contributed by atoms with Gasteiger partial charge in [0, 0.05) is 10.9 Å². The maximum atomic E-state index is 14.2. The molecule has 0 aliphatic rings. The van der Waals surface area contributed by atoms with Gasteiger partial charge in [-0.2, -0.15) is 52.7 Å². The summed E-state index contributed by atoms with van der Waals surface area (Å²) < 4.78 is 133. The molecule has 4 rings (SSSR count). The largest absolute Gasteiger partial charge is 0.416 e. The molecule has 0 saturated carbocycles. The van der Waals surface area contributed by atoms with Crippen LogP contribution in [0.2, 0.25) is 20.1 Å². The average Bonchev–Trinajstić information content (AvgIpc) is 3.51. The molecule has 8 nitrogen and oxygen atoms in total. The van der Waals surface area contributed by atoms with Crippen molar-refractivity contribution in [2.24, 2.45) is 5.73 Å². The third-order valence-corrected chi connectivity index (χ3v) is 9.88. The summed E-state index contributed by atoms with van der Waals surface area (Å²) in [5.74, 6) is -1.48. The van der Waals surface area contributed by atoms with Crippen LogP contribution in [-0.2, 0) is 12.4 Å². The molecule has 0 radical (unpaired) electrons. The Morgan fingerprint density at radius 3 is 1.38 bits per heavy atom. The molecule has 0 amide bonds. The second-order valence-electron chi connectivity index (χ2n) is 9.43. The number of rotatable bonds is 5. The van der Waals surface area contributed by atoms with E-state index in [1.165, 1.54) is 0 Å². The fraction of sp³-hybridized carbons (Fsp3) is 0.154. The highest BCUT2D eigenvalue weighted by Crippen LogP contribution is 2.46. The van der Waals surface area contributed by atoms with Gasteiger partial charge < -0.3 is 22.0 Å². The van der Waals surface area contributed by atoms with Crippen LogP contribution >= 0.6 is 93.9 Å². The summed E-state index contributed by atoms with van der Waals surface area (Å²) in [7, 11) is -5.24. The van der Waals surface area contributed by atoms with Crippen LogP contribution < -0.4 is 17.2 Å². The topological polar surface area (TPSA) is 118 Å². The van der Waals surface area contributed by atoms with Gasteiger partial charge in [0.25, 0.3) is 0 Å². The first-order valence-corrected chi connectivity index (χ1v) is 16.9. The number of halogens is 14. The molecule has 0 aliphatic heterocycles. The van der Waals surface area contributed by atoms with E-state index in [4.69, 9.17) is 82.4 Å². The van der Waals surface area contributed by atoms with Crippen molar-refractivity contribution in [3.8, 4) is 11.4 Å². The van der Waals surface area contributed by atoms with E-state index in [0.29, 0.717) is 24.3 Å². The lowest BCUT2D eigenvalue weighted by Gasteiger charge is -2.13. The third kappa shape index (κ3) is 9.41. The number of benzene rings is 2. The van der Waals surface area contributed by atoms with Crippen LogP contribution in [0.5, 0.6) is 0 Å². The van der Waals surface area contributed by atoms with Gasteiger partial charge in [0.15, 0.2) is 16.1 Å². The summed E-state index contributed by atoms with van der Waals surface area (Å²) in [6.07, 6.45) is -9.39. The van der Waals surface area contributed by atoms with E-state index >= 15 is 0 Å². The molecule has 4 aromatic rings. The molecule has 0 aliphatic carbocycles. The monoisotopic (exact) mass is 900 g/mol. The van der Waals surface area contributed by atoms with E-state index in [1.54, 1.807) is 0 Å². The van der Waals surface area contributed by atoms with Gasteiger partial charge in [0.05, 0.1) is 42.1 Å². The number of hydrogen-bond acceptors (Lipinski definition) is 5. The third-order valence-electron chi connectivity index (χ3n) is 6.04. The zero-order valence-electron chi connectivity index (χ0n) is 25.3. The second-order valence-corrected chi connectivity index (χ2v) is 14.5. The lowest BCUT2D eigenvalue weighted by atomic mass is 10.2. The highest BCUT2D eigenvalue weighted by molar-refractivity contribution is 8.11. The Morgan fingerprint density at radius 2 is 1.08 bits per heavy atom. The van der Waals surface area contributed by atoms with Crippen molar-refractivity contribution in [1.82, 2.24) is 19.6 Å². The van der Waals surface area contributed by atoms with Crippen molar-refractivity contribution in [3.05, 3.63) is 72.6 Å². The van der Waals surface area contributed by atoms with Crippen LogP contribution in [0.15, 0.2) is 34.1 Å². The maximum absolute atomic E-state index is 14.2. The molecule has 52 heavy (non-hydrogen) atoms. The molecule has 26 heteroatoms. The highest BCUT2D eigenvalue weighted by Gasteiger charge is 2.35. The fourth-order valence-electron chi connectivity index (χ4n) is 3.89. The van der Waals surface area contributed by atoms with Crippen molar-refractivity contribution in [2.45, 2.75) is 36.0 Å². The number of nitrogens with two attached hydrogens (primary N) is 3. The van der Waals surface area contributed by atoms with Gasteiger partial charge in [-0.25, -0.2) is 13.5 Å². The lowest BCUT2D eigenvalue weighted by Crippen LogP contribution is -2.12. The molecule has 2 atom stereocenters. The maximum Gasteiger partial charge on any atom is 0.416 e. The first-order chi connectivity index (χ1) is 23.3. The summed E-state index contributed by atoms with van der Waals surface area (Å²) in [4.78, 5) is 1.60. The van der Waals surface area contributed by atoms with Gasteiger partial charge in [-0.05, 0) is 43.2 Å². The van der Waals surface area contributed by atoms with Crippen molar-refractivity contribution in [1.29, 1.82) is 0 Å². The molecule has 2 unspecified atom stereocenters. The summed E-state index contributed by atoms with van der Waals surface area (Å²) in [6, 6.07) is 2.38. The van der Waals surface area contributed by atoms with Gasteiger partial charge in [-0.3, -0.25) is 0 Å². The predicted octanol–water partition coefficient (Wildman–Crippen LogP) is 11.1. The number of anilines is 2. The molecule has 6 N–H and O–H groups in total. The van der Waals surface area contributed by atoms with E-state index in [9.17, 15) is 42.9 Å². The Labute approximate surface area is 324 Å². The van der Waals surface area contributed by atoms with Crippen molar-refractivity contribution in [2.75, 3.05) is 11.5 Å². The first kappa shape index (κ1) is 45.2. The lowest BCUT2D eigenvalue weighted by molar-refractivity contribution is -0.138. The SMILES string of the molecule is C/C(F)=S(/F)c1c(C(N)=S)nn(-c2c(Cl)cc(C(F)(F)F)cc2Cl)c1N.S.[C-]#[N+]c1nn(-c2c(Cl)cc(C(F)(F)F)cc2Cl)c(N)c1/S(F)=C(/C)F. The van der Waals surface area contributed by atoms with Crippen LogP contribution in [-0.4, -0.2) is 34.8 Å². The van der Waals surface area contributed by atoms with Crippen LogP contribution in [0.25, 0.3) is 16.2 Å². The van der Waals surface area contributed by atoms with Crippen LogP contribution in [0.3, 0.4) is 0 Å². The van der Waals surface area contributed by atoms with E-state index in [1.807, 2.05) is 0 Å². The van der Waals surface area contributed by atoms with Crippen LogP contribution in [0.1, 0.15) is 30.7 Å². The summed E-state index contributed by atoms with van der Waals surface area (Å²) in [6.45, 7) is 8.73. The first-order valence-electron chi connectivity index (χ1n) is 12.7. The van der Waals surface area contributed by atoms with E-state index in [0.717, 1.165) is 23.2 Å². The minimum atomic E-state index is -4.69. The summed E-state index contributed by atoms with van der Waals surface area (Å²) >= 11 is 28.2. The quantitative estimate of drug-likeness (QED) is 0.0795. The smallest absolute Gasteiger partial charge is 0.388 e. The fourth-order valence-corrected chi connectivity index (χ4v) is 7.06. The molecule has 0 bridgehead atoms. The van der Waals surface area contributed by atoms with Crippen LogP contribution in [0.4, 0.5) is 60.3 Å². The molecule has 0 fully saturated rings. The zero-order chi connectivity index (χ0) is 39.1. The second kappa shape index (κ2) is 17.0. The highest BCUT2D eigenvalue weighted by atomic mass is 35.5. The zero-order valence-corrected chi connectivity index (χ0v) is 31.8. The predicted molar refractivity (Wildman–Crippen MR) is 196 cm³/mol. The Morgan fingerprint density at radius 1 is 0.750 bits per heavy atom. The van der Waals surface area contributed by atoms with Crippen molar-refractivity contribution in [3.63, 3.8) is 0 Å². The Bertz CT molecular complexity index is 2120. The Hall–Kier alpha value is -2.91. The van der Waals surface area contributed by atoms with Gasteiger partial charge in [-0.15, -0.1) is 4.68 Å². The number of alkyl halides is 6. The van der Waals surface area contributed by atoms with Gasteiger partial charge in [-0.1, -0.05) is 65.2 Å². The van der Waals surface area contributed by atoms with E-state index < -0.39 is 103 Å². The minimum absolute atomic E-state index is 0. The molecule has 0 saturated heterocycles. The minimum Gasteiger partial charge on any atom is -0.388 e. The molecule has 2 aromatic carbocycles. The number of nitrogens with zero attached hydrogens (tertiary/aromatic N) is 5. The Balaban J connectivity index is 0.000000354. The number of hydrogen-bond donors (Lipinski definition) is 3. The number of aromatic nitrogens is 4. The normalized spacial score (nSPS) is 13.3. The Kier molecular flexibility index (Phi) is 14.8. The average molecular weight is 903 g/mol. The van der Waals surface area contributed by atoms with E-state index in [-0.39, 0.29) is 35.6 Å². The van der Waals surface area contributed by atoms with E-state index in [2.05, 4.69) is 15.0 Å². The molecule has 2 aromatic heterocycles. The van der Waals surface area contributed by atoms with Crippen molar-refractivity contribution >= 4 is 127 Å². The number of nitrogen functional groups attached to an aromatic ring is 2. The van der Waals surface area contributed by atoms with Gasteiger partial charge in [0.2, 0.25) is 0 Å². The van der Waals surface area contributed by atoms with Crippen molar-refractivity contribution < 1.29 is 42.9 Å². The molecule has 284 valence electrons. The summed E-state index contributed by atoms with van der Waals surface area (Å²) in [5.41, 5.74) is 13.9. The summed E-state index contributed by atoms with van der Waals surface area (Å²) in [5, 5.41) is 3.43. The molecule has 2 heterocycles.